The highest BCUT2D eigenvalue weighted by molar-refractivity contribution is 8.04. The van der Waals surface area contributed by atoms with E-state index in [0.29, 0.717) is 16.2 Å². The standard InChI is InChI=1S/C18H18O2S2/c1-3-10-18(15(2)21-16-11-6-4-7-12-16)22(19,20)17-13-8-5-9-14-17/h3-9,11-14,18H,1-2,10H2. The maximum Gasteiger partial charge on any atom is 0.186 e. The van der Waals surface area contributed by atoms with Gasteiger partial charge in [-0.2, -0.15) is 0 Å². The third-order valence-corrected chi connectivity index (χ3v) is 6.54. The molecule has 0 spiro atoms. The number of allylic oxidation sites excluding steroid dienone is 1. The summed E-state index contributed by atoms with van der Waals surface area (Å²) in [5.41, 5.74) is 0. The van der Waals surface area contributed by atoms with Crippen LogP contribution in [0.1, 0.15) is 6.42 Å². The van der Waals surface area contributed by atoms with Crippen molar-refractivity contribution in [1.82, 2.24) is 0 Å². The first-order valence-corrected chi connectivity index (χ1v) is 9.23. The molecule has 0 amide bonds. The summed E-state index contributed by atoms with van der Waals surface area (Å²) in [6.07, 6.45) is 1.97. The van der Waals surface area contributed by atoms with Crippen LogP contribution in [0.4, 0.5) is 0 Å². The number of benzene rings is 2. The van der Waals surface area contributed by atoms with E-state index in [0.717, 1.165) is 4.90 Å². The molecule has 0 heterocycles. The van der Waals surface area contributed by atoms with Crippen LogP contribution in [-0.2, 0) is 9.84 Å². The lowest BCUT2D eigenvalue weighted by Gasteiger charge is -2.18. The average Bonchev–Trinajstić information content (AvgIpc) is 2.54. The zero-order valence-corrected chi connectivity index (χ0v) is 13.8. The van der Waals surface area contributed by atoms with Gasteiger partial charge in [-0.25, -0.2) is 8.42 Å². The van der Waals surface area contributed by atoms with Gasteiger partial charge < -0.3 is 0 Å². The maximum atomic E-state index is 12.8. The fourth-order valence-corrected chi connectivity index (χ4v) is 5.01. The van der Waals surface area contributed by atoms with Crippen molar-refractivity contribution >= 4 is 21.6 Å². The van der Waals surface area contributed by atoms with Crippen LogP contribution in [0.5, 0.6) is 0 Å². The zero-order chi connectivity index (χ0) is 16.0. The minimum absolute atomic E-state index is 0.316. The fraction of sp³-hybridized carbons (Fsp3) is 0.111. The van der Waals surface area contributed by atoms with Crippen LogP contribution in [-0.4, -0.2) is 13.7 Å². The molecule has 0 aliphatic heterocycles. The second-order valence-corrected chi connectivity index (χ2v) is 8.08. The number of sulfone groups is 1. The highest BCUT2D eigenvalue weighted by atomic mass is 32.2. The Morgan fingerprint density at radius 2 is 1.59 bits per heavy atom. The highest BCUT2D eigenvalue weighted by Gasteiger charge is 2.29. The van der Waals surface area contributed by atoms with E-state index in [1.54, 1.807) is 36.4 Å². The Hall–Kier alpha value is -1.78. The summed E-state index contributed by atoms with van der Waals surface area (Å²) in [6, 6.07) is 18.1. The van der Waals surface area contributed by atoms with Crippen LogP contribution >= 0.6 is 11.8 Å². The molecule has 22 heavy (non-hydrogen) atoms. The molecule has 0 saturated carbocycles. The monoisotopic (exact) mass is 330 g/mol. The fourth-order valence-electron chi connectivity index (χ4n) is 2.06. The zero-order valence-electron chi connectivity index (χ0n) is 12.2. The van der Waals surface area contributed by atoms with Crippen molar-refractivity contribution in [2.75, 3.05) is 0 Å². The van der Waals surface area contributed by atoms with Crippen LogP contribution < -0.4 is 0 Å². The summed E-state index contributed by atoms with van der Waals surface area (Å²) in [6.45, 7) is 7.68. The molecule has 0 N–H and O–H groups in total. The van der Waals surface area contributed by atoms with E-state index in [-0.39, 0.29) is 0 Å². The van der Waals surface area contributed by atoms with Crippen LogP contribution in [0.2, 0.25) is 0 Å². The Balaban J connectivity index is 2.30. The van der Waals surface area contributed by atoms with Crippen LogP contribution in [0, 0.1) is 0 Å². The Bertz CT molecular complexity index is 735. The molecule has 0 aliphatic carbocycles. The smallest absolute Gasteiger partial charge is 0.186 e. The maximum absolute atomic E-state index is 12.8. The van der Waals surface area contributed by atoms with Crippen molar-refractivity contribution in [2.45, 2.75) is 21.5 Å². The third kappa shape index (κ3) is 3.90. The van der Waals surface area contributed by atoms with E-state index in [1.807, 2.05) is 30.3 Å². The summed E-state index contributed by atoms with van der Waals surface area (Å²) in [4.78, 5) is 1.90. The second-order valence-electron chi connectivity index (χ2n) is 4.75. The lowest BCUT2D eigenvalue weighted by Crippen LogP contribution is -2.21. The molecule has 2 nitrogen and oxygen atoms in total. The van der Waals surface area contributed by atoms with Gasteiger partial charge in [0, 0.05) is 9.80 Å². The van der Waals surface area contributed by atoms with Crippen LogP contribution in [0.25, 0.3) is 0 Å². The van der Waals surface area contributed by atoms with E-state index in [4.69, 9.17) is 0 Å². The first kappa shape index (κ1) is 16.6. The predicted molar refractivity (Wildman–Crippen MR) is 93.7 cm³/mol. The molecule has 0 bridgehead atoms. The molecule has 1 unspecified atom stereocenters. The minimum Gasteiger partial charge on any atom is -0.223 e. The molecule has 1 atom stereocenters. The van der Waals surface area contributed by atoms with Gasteiger partial charge >= 0.3 is 0 Å². The summed E-state index contributed by atoms with van der Waals surface area (Å²) in [7, 11) is -3.47. The molecule has 0 saturated heterocycles. The molecule has 0 aromatic heterocycles. The summed E-state index contributed by atoms with van der Waals surface area (Å²) >= 11 is 1.39. The first-order chi connectivity index (χ1) is 10.6. The van der Waals surface area contributed by atoms with E-state index >= 15 is 0 Å². The van der Waals surface area contributed by atoms with Crippen molar-refractivity contribution in [3.63, 3.8) is 0 Å². The largest absolute Gasteiger partial charge is 0.223 e. The quantitative estimate of drug-likeness (QED) is 0.544. The van der Waals surface area contributed by atoms with Crippen molar-refractivity contribution in [3.05, 3.63) is 84.8 Å². The molecule has 2 aromatic rings. The molecular weight excluding hydrogens is 312 g/mol. The van der Waals surface area contributed by atoms with Gasteiger partial charge in [-0.1, -0.05) is 60.8 Å². The van der Waals surface area contributed by atoms with E-state index in [1.165, 1.54) is 11.8 Å². The second kappa shape index (κ2) is 7.47. The Morgan fingerprint density at radius 1 is 1.05 bits per heavy atom. The van der Waals surface area contributed by atoms with E-state index < -0.39 is 15.1 Å². The van der Waals surface area contributed by atoms with Gasteiger partial charge in [0.25, 0.3) is 0 Å². The molecular formula is C18H18O2S2. The number of hydrogen-bond donors (Lipinski definition) is 0. The van der Waals surface area contributed by atoms with Crippen molar-refractivity contribution in [3.8, 4) is 0 Å². The van der Waals surface area contributed by atoms with E-state index in [9.17, 15) is 8.42 Å². The SMILES string of the molecule is C=CCC(C(=C)Sc1ccccc1)S(=O)(=O)c1ccccc1. The van der Waals surface area contributed by atoms with E-state index in [2.05, 4.69) is 13.2 Å². The molecule has 0 fully saturated rings. The van der Waals surface area contributed by atoms with Gasteiger partial charge in [0.2, 0.25) is 0 Å². The molecule has 2 aromatic carbocycles. The lowest BCUT2D eigenvalue weighted by atomic mass is 10.3. The van der Waals surface area contributed by atoms with Crippen molar-refractivity contribution in [1.29, 1.82) is 0 Å². The van der Waals surface area contributed by atoms with Gasteiger partial charge in [0.05, 0.1) is 10.1 Å². The normalized spacial score (nSPS) is 12.5. The topological polar surface area (TPSA) is 34.1 Å². The van der Waals surface area contributed by atoms with Gasteiger partial charge in [-0.15, -0.1) is 6.58 Å². The molecule has 2 rings (SSSR count). The van der Waals surface area contributed by atoms with Gasteiger partial charge in [0.15, 0.2) is 9.84 Å². The van der Waals surface area contributed by atoms with Gasteiger partial charge in [-0.3, -0.25) is 0 Å². The Labute approximate surface area is 136 Å². The average molecular weight is 330 g/mol. The minimum atomic E-state index is -3.47. The number of rotatable bonds is 7. The first-order valence-electron chi connectivity index (χ1n) is 6.87. The number of hydrogen-bond acceptors (Lipinski definition) is 3. The summed E-state index contributed by atoms with van der Waals surface area (Å²) in [5, 5.41) is -0.683. The Kier molecular flexibility index (Phi) is 5.63. The predicted octanol–water partition coefficient (Wildman–Crippen LogP) is 4.71. The Morgan fingerprint density at radius 3 is 2.14 bits per heavy atom. The highest BCUT2D eigenvalue weighted by Crippen LogP contribution is 2.34. The molecule has 114 valence electrons. The van der Waals surface area contributed by atoms with Crippen molar-refractivity contribution in [2.24, 2.45) is 0 Å². The molecule has 4 heteroatoms. The van der Waals surface area contributed by atoms with Gasteiger partial charge in [-0.05, 0) is 30.7 Å². The summed E-state index contributed by atoms with van der Waals surface area (Å²) < 4.78 is 25.7. The van der Waals surface area contributed by atoms with Crippen LogP contribution in [0.3, 0.4) is 0 Å². The van der Waals surface area contributed by atoms with Gasteiger partial charge in [0.1, 0.15) is 0 Å². The van der Waals surface area contributed by atoms with Crippen molar-refractivity contribution < 1.29 is 8.42 Å². The van der Waals surface area contributed by atoms with Crippen LogP contribution in [0.15, 0.2) is 94.6 Å². The lowest BCUT2D eigenvalue weighted by molar-refractivity contribution is 0.588. The third-order valence-electron chi connectivity index (χ3n) is 3.18. The molecule has 0 radical (unpaired) electrons. The summed E-state index contributed by atoms with van der Waals surface area (Å²) in [5.74, 6) is 0. The molecule has 0 aliphatic rings. The number of thioether (sulfide) groups is 1.